The third-order valence-electron chi connectivity index (χ3n) is 6.10. The van der Waals surface area contributed by atoms with Crippen molar-refractivity contribution in [2.24, 2.45) is 0 Å². The molecule has 1 aliphatic rings. The number of nitrogens with one attached hydrogen (secondary N) is 1. The van der Waals surface area contributed by atoms with Gasteiger partial charge in [-0.15, -0.1) is 0 Å². The Morgan fingerprint density at radius 2 is 1.97 bits per heavy atom. The Kier molecular flexibility index (Phi) is 6.00. The van der Waals surface area contributed by atoms with Crippen molar-refractivity contribution in [3.63, 3.8) is 0 Å². The van der Waals surface area contributed by atoms with Crippen molar-refractivity contribution in [2.45, 2.75) is 13.0 Å². The van der Waals surface area contributed by atoms with Crippen molar-refractivity contribution in [3.8, 4) is 11.6 Å². The summed E-state index contributed by atoms with van der Waals surface area (Å²) in [7, 11) is 3.55. The highest BCUT2D eigenvalue weighted by Gasteiger charge is 2.19. The summed E-state index contributed by atoms with van der Waals surface area (Å²) in [6, 6.07) is 12.6. The average molecular weight is 480 g/mol. The van der Waals surface area contributed by atoms with Crippen LogP contribution in [0.1, 0.15) is 11.1 Å². The van der Waals surface area contributed by atoms with E-state index in [1.165, 1.54) is 21.8 Å². The summed E-state index contributed by atoms with van der Waals surface area (Å²) < 4.78 is 7.75. The predicted molar refractivity (Wildman–Crippen MR) is 139 cm³/mol. The minimum Gasteiger partial charge on any atom is -0.495 e. The molecule has 2 aromatic carbocycles. The van der Waals surface area contributed by atoms with Crippen LogP contribution in [0.15, 0.2) is 48.8 Å². The first-order chi connectivity index (χ1) is 15.9. The smallest absolute Gasteiger partial charge is 0.229 e. The number of hydrogen-bond acceptors (Lipinski definition) is 5. The van der Waals surface area contributed by atoms with Gasteiger partial charge < -0.3 is 15.0 Å². The fourth-order valence-electron chi connectivity index (χ4n) is 4.40. The molecular weight excluding hydrogens is 453 g/mol. The molecule has 8 heteroatoms. The van der Waals surface area contributed by atoms with Gasteiger partial charge in [-0.2, -0.15) is 4.98 Å². The first kappa shape index (κ1) is 22.1. The van der Waals surface area contributed by atoms with Gasteiger partial charge in [-0.1, -0.05) is 37.7 Å². The lowest BCUT2D eigenvalue weighted by atomic mass is 9.99. The molecule has 0 aliphatic carbocycles. The van der Waals surface area contributed by atoms with Gasteiger partial charge in [0, 0.05) is 30.0 Å². The number of aromatic nitrogens is 3. The molecule has 1 aliphatic heterocycles. The lowest BCUT2D eigenvalue weighted by Gasteiger charge is -2.26. The maximum atomic E-state index is 6.59. The molecule has 170 valence electrons. The van der Waals surface area contributed by atoms with Crippen molar-refractivity contribution in [2.75, 3.05) is 39.3 Å². The van der Waals surface area contributed by atoms with Gasteiger partial charge in [0.25, 0.3) is 0 Å². The number of rotatable bonds is 5. The van der Waals surface area contributed by atoms with Gasteiger partial charge in [0.05, 0.1) is 24.5 Å². The normalized spacial score (nSPS) is 14.0. The lowest BCUT2D eigenvalue weighted by Crippen LogP contribution is -2.26. The Balaban J connectivity index is 1.56. The third-order valence-corrected chi connectivity index (χ3v) is 7.68. The number of hydrogen-bond donors (Lipinski definition) is 1. The third kappa shape index (κ3) is 4.19. The molecule has 0 fully saturated rings. The van der Waals surface area contributed by atoms with E-state index in [9.17, 15) is 0 Å². The number of anilines is 2. The highest BCUT2D eigenvalue weighted by atomic mass is 35.5. The molecule has 0 saturated heterocycles. The number of ether oxygens (including phenoxy) is 1. The van der Waals surface area contributed by atoms with Crippen LogP contribution in [-0.2, 0) is 13.0 Å². The van der Waals surface area contributed by atoms with E-state index in [0.717, 1.165) is 36.5 Å². The van der Waals surface area contributed by atoms with E-state index in [1.807, 2.05) is 6.07 Å². The molecule has 0 amide bonds. The van der Waals surface area contributed by atoms with Crippen LogP contribution in [0, 0.1) is 0 Å². The van der Waals surface area contributed by atoms with Crippen LogP contribution in [0.25, 0.3) is 16.7 Å². The number of nitrogens with zero attached hydrogens (tertiary/aromatic N) is 4. The molecule has 6 nitrogen and oxygen atoms in total. The van der Waals surface area contributed by atoms with Crippen LogP contribution < -0.4 is 15.4 Å². The Morgan fingerprint density at radius 3 is 2.76 bits per heavy atom. The van der Waals surface area contributed by atoms with Crippen molar-refractivity contribution in [1.82, 2.24) is 19.4 Å². The van der Waals surface area contributed by atoms with Crippen LogP contribution in [-0.4, -0.2) is 53.5 Å². The molecule has 0 bridgehead atoms. The summed E-state index contributed by atoms with van der Waals surface area (Å²) in [4.78, 5) is 11.6. The molecule has 3 heterocycles. The average Bonchev–Trinajstić information content (AvgIpc) is 3.20. The Labute approximate surface area is 200 Å². The molecule has 33 heavy (non-hydrogen) atoms. The summed E-state index contributed by atoms with van der Waals surface area (Å²) in [5.41, 5.74) is 4.56. The molecule has 0 atom stereocenters. The van der Waals surface area contributed by atoms with E-state index in [2.05, 4.69) is 76.7 Å². The van der Waals surface area contributed by atoms with Gasteiger partial charge in [0.2, 0.25) is 5.95 Å². The zero-order valence-corrected chi connectivity index (χ0v) is 20.9. The van der Waals surface area contributed by atoms with Gasteiger partial charge in [0.15, 0.2) is 5.82 Å². The van der Waals surface area contributed by atoms with Gasteiger partial charge >= 0.3 is 0 Å². The summed E-state index contributed by atoms with van der Waals surface area (Å²) in [6.07, 6.45) is 4.83. The number of likely N-dealkylation sites (N-methyl/N-ethyl adjacent to an activating group) is 1. The largest absolute Gasteiger partial charge is 0.495 e. The van der Waals surface area contributed by atoms with E-state index >= 15 is 0 Å². The quantitative estimate of drug-likeness (QED) is 0.400. The van der Waals surface area contributed by atoms with Crippen molar-refractivity contribution in [3.05, 3.63) is 64.9 Å². The van der Waals surface area contributed by atoms with E-state index in [0.29, 0.717) is 16.8 Å². The zero-order valence-electron chi connectivity index (χ0n) is 19.3. The fraction of sp³-hybridized carbons (Fsp3) is 0.280. The number of halogens is 1. The van der Waals surface area contributed by atoms with Crippen LogP contribution in [0.3, 0.4) is 0 Å². The van der Waals surface area contributed by atoms with E-state index in [4.69, 9.17) is 21.3 Å². The minimum atomic E-state index is -0.281. The first-order valence-corrected chi connectivity index (χ1v) is 13.5. The van der Waals surface area contributed by atoms with Crippen LogP contribution in [0.4, 0.5) is 11.6 Å². The molecule has 4 aromatic rings. The summed E-state index contributed by atoms with van der Waals surface area (Å²) in [5.74, 6) is 1.92. The minimum absolute atomic E-state index is 0.281. The Hall–Kier alpha value is -2.66. The predicted octanol–water partition coefficient (Wildman–Crippen LogP) is 5.18. The standard InChI is InChI=1S/C25H27ClN5OP/c1-30-10-9-16-12-22(32-2)20(11-17(16)14-30)28-25-27-13-19(26)24(29-25)31-15-23(33(3)4)18-7-5-6-8-21(18)31/h5-8,11-13,15H,9-10,14H2,1-4H3,(H,27,28,29). The molecule has 5 rings (SSSR count). The first-order valence-electron chi connectivity index (χ1n) is 10.9. The Morgan fingerprint density at radius 1 is 1.15 bits per heavy atom. The number of methoxy groups -OCH3 is 1. The highest BCUT2D eigenvalue weighted by molar-refractivity contribution is 7.64. The van der Waals surface area contributed by atoms with Crippen LogP contribution in [0.5, 0.6) is 5.75 Å². The second-order valence-electron chi connectivity index (χ2n) is 8.60. The number of fused-ring (bicyclic) bond motifs is 2. The van der Waals surface area contributed by atoms with E-state index in [1.54, 1.807) is 13.3 Å². The zero-order chi connectivity index (χ0) is 23.1. The maximum absolute atomic E-state index is 6.59. The van der Waals surface area contributed by atoms with Crippen molar-refractivity contribution in [1.29, 1.82) is 0 Å². The molecule has 1 N–H and O–H groups in total. The molecular formula is C25H27ClN5OP. The second-order valence-corrected chi connectivity index (χ2v) is 11.3. The van der Waals surface area contributed by atoms with E-state index < -0.39 is 0 Å². The number of benzene rings is 2. The SMILES string of the molecule is COc1cc2c(cc1Nc1ncc(Cl)c(-n3cc(P(C)C)c4ccccc43)n1)CN(C)CC2. The Bertz CT molecular complexity index is 1340. The van der Waals surface area contributed by atoms with Gasteiger partial charge in [-0.05, 0) is 56.1 Å². The summed E-state index contributed by atoms with van der Waals surface area (Å²) >= 11 is 6.59. The van der Waals surface area contributed by atoms with Crippen molar-refractivity contribution >= 4 is 47.4 Å². The highest BCUT2D eigenvalue weighted by Crippen LogP contribution is 2.35. The van der Waals surface area contributed by atoms with Crippen molar-refractivity contribution < 1.29 is 4.74 Å². The van der Waals surface area contributed by atoms with Gasteiger partial charge in [-0.25, -0.2) is 4.98 Å². The topological polar surface area (TPSA) is 55.2 Å². The van der Waals surface area contributed by atoms with Crippen LogP contribution in [0.2, 0.25) is 5.02 Å². The fourth-order valence-corrected chi connectivity index (χ4v) is 5.59. The molecule has 0 radical (unpaired) electrons. The van der Waals surface area contributed by atoms with Gasteiger partial charge in [-0.3, -0.25) is 4.57 Å². The molecule has 0 saturated carbocycles. The van der Waals surface area contributed by atoms with E-state index in [-0.39, 0.29) is 7.92 Å². The summed E-state index contributed by atoms with van der Waals surface area (Å²) in [5, 5.41) is 6.43. The molecule has 2 aromatic heterocycles. The second kappa shape index (κ2) is 8.94. The van der Waals surface area contributed by atoms with Crippen LogP contribution >= 0.6 is 19.5 Å². The maximum Gasteiger partial charge on any atom is 0.229 e. The monoisotopic (exact) mass is 479 g/mol. The number of para-hydroxylation sites is 1. The van der Waals surface area contributed by atoms with Gasteiger partial charge in [0.1, 0.15) is 10.8 Å². The summed E-state index contributed by atoms with van der Waals surface area (Å²) in [6.45, 7) is 6.48. The molecule has 0 spiro atoms. The lowest BCUT2D eigenvalue weighted by molar-refractivity contribution is 0.312. The molecule has 0 unspecified atom stereocenters.